The summed E-state index contributed by atoms with van der Waals surface area (Å²) in [5.74, 6) is -0.169. The highest BCUT2D eigenvalue weighted by Gasteiger charge is 2.30. The summed E-state index contributed by atoms with van der Waals surface area (Å²) < 4.78 is 39.8. The molecule has 1 unspecified atom stereocenters. The van der Waals surface area contributed by atoms with Crippen LogP contribution in [0.5, 0.6) is 5.75 Å². The van der Waals surface area contributed by atoms with Gasteiger partial charge in [0.1, 0.15) is 5.75 Å². The summed E-state index contributed by atoms with van der Waals surface area (Å²) in [5.41, 5.74) is 1.03. The highest BCUT2D eigenvalue weighted by Crippen LogP contribution is 2.23. The number of benzene rings is 1. The van der Waals surface area contributed by atoms with E-state index >= 15 is 0 Å². The van der Waals surface area contributed by atoms with E-state index in [4.69, 9.17) is 0 Å². The van der Waals surface area contributed by atoms with Gasteiger partial charge in [0.2, 0.25) is 0 Å². The summed E-state index contributed by atoms with van der Waals surface area (Å²) in [6.45, 7) is 5.14. The number of ether oxygens (including phenoxy) is 1. The minimum atomic E-state index is -4.62. The molecule has 1 atom stereocenters. The summed E-state index contributed by atoms with van der Waals surface area (Å²) in [6, 6.07) is 6.54. The van der Waals surface area contributed by atoms with E-state index in [1.807, 2.05) is 0 Å². The third-order valence-electron chi connectivity index (χ3n) is 2.81. The zero-order valence-electron chi connectivity index (χ0n) is 11.3. The molecule has 0 saturated heterocycles. The number of aryl methyl sites for hydroxylation is 1. The molecule has 108 valence electrons. The Bertz CT molecular complexity index is 362. The van der Waals surface area contributed by atoms with E-state index in [9.17, 15) is 13.2 Å². The lowest BCUT2D eigenvalue weighted by Gasteiger charge is -2.12. The molecule has 0 bridgehead atoms. The van der Waals surface area contributed by atoms with E-state index < -0.39 is 6.36 Å². The van der Waals surface area contributed by atoms with Crippen LogP contribution >= 0.6 is 0 Å². The highest BCUT2D eigenvalue weighted by molar-refractivity contribution is 5.27. The standard InChI is InChI=1S/C14H20F3NO/c1-3-18-11(2)5-4-6-12-7-9-13(10-8-12)19-14(15,16)17/h7-11,18H,3-6H2,1-2H3. The molecule has 2 nitrogen and oxygen atoms in total. The largest absolute Gasteiger partial charge is 0.573 e. The Morgan fingerprint density at radius 1 is 1.21 bits per heavy atom. The van der Waals surface area contributed by atoms with Crippen molar-refractivity contribution in [2.75, 3.05) is 6.54 Å². The zero-order valence-corrected chi connectivity index (χ0v) is 11.3. The third kappa shape index (κ3) is 7.06. The van der Waals surface area contributed by atoms with Gasteiger partial charge in [-0.1, -0.05) is 19.1 Å². The highest BCUT2D eigenvalue weighted by atomic mass is 19.4. The molecule has 0 radical (unpaired) electrons. The Morgan fingerprint density at radius 2 is 1.84 bits per heavy atom. The van der Waals surface area contributed by atoms with Crippen LogP contribution in [0.4, 0.5) is 13.2 Å². The predicted octanol–water partition coefficient (Wildman–Crippen LogP) is 3.91. The fraction of sp³-hybridized carbons (Fsp3) is 0.571. The molecule has 0 aliphatic rings. The summed E-state index contributed by atoms with van der Waals surface area (Å²) >= 11 is 0. The summed E-state index contributed by atoms with van der Waals surface area (Å²) in [6.07, 6.45) is -1.70. The molecule has 0 aliphatic carbocycles. The van der Waals surface area contributed by atoms with E-state index in [2.05, 4.69) is 23.9 Å². The molecule has 0 heterocycles. The zero-order chi connectivity index (χ0) is 14.3. The first-order chi connectivity index (χ1) is 8.90. The van der Waals surface area contributed by atoms with Crippen LogP contribution in [0.25, 0.3) is 0 Å². The van der Waals surface area contributed by atoms with E-state index in [0.717, 1.165) is 31.4 Å². The van der Waals surface area contributed by atoms with E-state index in [1.54, 1.807) is 12.1 Å². The number of hydrogen-bond donors (Lipinski definition) is 1. The van der Waals surface area contributed by atoms with Crippen LogP contribution in [-0.2, 0) is 6.42 Å². The third-order valence-corrected chi connectivity index (χ3v) is 2.81. The molecular weight excluding hydrogens is 255 g/mol. The van der Waals surface area contributed by atoms with Crippen molar-refractivity contribution in [1.29, 1.82) is 0 Å². The average Bonchev–Trinajstić information content (AvgIpc) is 2.30. The number of hydrogen-bond acceptors (Lipinski definition) is 2. The van der Waals surface area contributed by atoms with Gasteiger partial charge < -0.3 is 10.1 Å². The second kappa shape index (κ2) is 7.38. The van der Waals surface area contributed by atoms with Crippen LogP contribution in [0.15, 0.2) is 24.3 Å². The van der Waals surface area contributed by atoms with Crippen LogP contribution in [-0.4, -0.2) is 18.9 Å². The van der Waals surface area contributed by atoms with Crippen LogP contribution in [0, 0.1) is 0 Å². The lowest BCUT2D eigenvalue weighted by Crippen LogP contribution is -2.25. The first kappa shape index (κ1) is 15.8. The minimum absolute atomic E-state index is 0.169. The normalized spacial score (nSPS) is 13.3. The molecule has 0 aromatic heterocycles. The van der Waals surface area contributed by atoms with Crippen LogP contribution in [0.1, 0.15) is 32.3 Å². The topological polar surface area (TPSA) is 21.3 Å². The fourth-order valence-corrected chi connectivity index (χ4v) is 1.92. The maximum absolute atomic E-state index is 12.0. The van der Waals surface area contributed by atoms with Crippen LogP contribution in [0.2, 0.25) is 0 Å². The van der Waals surface area contributed by atoms with Gasteiger partial charge in [-0.25, -0.2) is 0 Å². The first-order valence-corrected chi connectivity index (χ1v) is 6.49. The van der Waals surface area contributed by atoms with E-state index in [1.165, 1.54) is 12.1 Å². The van der Waals surface area contributed by atoms with Crippen molar-refractivity contribution in [3.63, 3.8) is 0 Å². The quantitative estimate of drug-likeness (QED) is 0.814. The fourth-order valence-electron chi connectivity index (χ4n) is 1.92. The average molecular weight is 275 g/mol. The Balaban J connectivity index is 2.36. The van der Waals surface area contributed by atoms with Crippen molar-refractivity contribution in [3.8, 4) is 5.75 Å². The van der Waals surface area contributed by atoms with Gasteiger partial charge >= 0.3 is 6.36 Å². The lowest BCUT2D eigenvalue weighted by molar-refractivity contribution is -0.274. The molecule has 0 aliphatic heterocycles. The molecule has 0 amide bonds. The number of alkyl halides is 3. The van der Waals surface area contributed by atoms with Crippen molar-refractivity contribution < 1.29 is 17.9 Å². The molecule has 1 aromatic carbocycles. The lowest BCUT2D eigenvalue weighted by atomic mass is 10.1. The first-order valence-electron chi connectivity index (χ1n) is 6.49. The number of rotatable bonds is 7. The molecule has 5 heteroatoms. The van der Waals surface area contributed by atoms with Gasteiger partial charge in [0.25, 0.3) is 0 Å². The SMILES string of the molecule is CCNC(C)CCCc1ccc(OC(F)(F)F)cc1. The van der Waals surface area contributed by atoms with Gasteiger partial charge in [0.15, 0.2) is 0 Å². The van der Waals surface area contributed by atoms with E-state index in [0.29, 0.717) is 6.04 Å². The smallest absolute Gasteiger partial charge is 0.406 e. The minimum Gasteiger partial charge on any atom is -0.406 e. The van der Waals surface area contributed by atoms with Crippen LogP contribution < -0.4 is 10.1 Å². The summed E-state index contributed by atoms with van der Waals surface area (Å²) in [4.78, 5) is 0. The predicted molar refractivity (Wildman–Crippen MR) is 69.2 cm³/mol. The Labute approximate surface area is 112 Å². The molecule has 1 rings (SSSR count). The summed E-state index contributed by atoms with van der Waals surface area (Å²) in [7, 11) is 0. The Morgan fingerprint density at radius 3 is 2.37 bits per heavy atom. The van der Waals surface area contributed by atoms with Crippen molar-refractivity contribution >= 4 is 0 Å². The van der Waals surface area contributed by atoms with Crippen molar-refractivity contribution in [2.24, 2.45) is 0 Å². The molecule has 0 saturated carbocycles. The number of halogens is 3. The second-order valence-electron chi connectivity index (χ2n) is 4.54. The Kier molecular flexibility index (Phi) is 6.15. The van der Waals surface area contributed by atoms with Crippen molar-refractivity contribution in [3.05, 3.63) is 29.8 Å². The maximum atomic E-state index is 12.0. The molecular formula is C14H20F3NO. The van der Waals surface area contributed by atoms with Crippen molar-refractivity contribution in [1.82, 2.24) is 5.32 Å². The summed E-state index contributed by atoms with van der Waals surface area (Å²) in [5, 5.41) is 3.32. The molecule has 1 aromatic rings. The monoisotopic (exact) mass is 275 g/mol. The maximum Gasteiger partial charge on any atom is 0.573 e. The van der Waals surface area contributed by atoms with Crippen molar-refractivity contribution in [2.45, 2.75) is 45.5 Å². The van der Waals surface area contributed by atoms with Crippen LogP contribution in [0.3, 0.4) is 0 Å². The van der Waals surface area contributed by atoms with Gasteiger partial charge in [-0.3, -0.25) is 0 Å². The van der Waals surface area contributed by atoms with E-state index in [-0.39, 0.29) is 5.75 Å². The molecule has 0 spiro atoms. The number of nitrogens with one attached hydrogen (secondary N) is 1. The van der Waals surface area contributed by atoms with Gasteiger partial charge in [0.05, 0.1) is 0 Å². The molecule has 1 N–H and O–H groups in total. The second-order valence-corrected chi connectivity index (χ2v) is 4.54. The molecule has 19 heavy (non-hydrogen) atoms. The van der Waals surface area contributed by atoms with Gasteiger partial charge in [-0.15, -0.1) is 13.2 Å². The Hall–Kier alpha value is -1.23. The molecule has 0 fully saturated rings. The van der Waals surface area contributed by atoms with Gasteiger partial charge in [0, 0.05) is 6.04 Å². The van der Waals surface area contributed by atoms with Gasteiger partial charge in [-0.2, -0.15) is 0 Å². The van der Waals surface area contributed by atoms with Gasteiger partial charge in [-0.05, 0) is 50.4 Å².